The van der Waals surface area contributed by atoms with Crippen LogP contribution in [0.1, 0.15) is 5.56 Å². The number of aromatic nitrogens is 4. The minimum Gasteiger partial charge on any atom is -0.407 e. The molecule has 40 heavy (non-hydrogen) atoms. The molecule has 0 spiro atoms. The van der Waals surface area contributed by atoms with Crippen LogP contribution in [0.25, 0.3) is 33.2 Å². The second-order valence-electron chi connectivity index (χ2n) is 9.19. The van der Waals surface area contributed by atoms with Crippen molar-refractivity contribution < 1.29 is 12.8 Å². The Morgan fingerprint density at radius 1 is 0.800 bits per heavy atom. The number of hydrogen-bond donors (Lipinski definition) is 0. The molecule has 200 valence electrons. The summed E-state index contributed by atoms with van der Waals surface area (Å²) in [4.78, 5) is 14.0. The van der Waals surface area contributed by atoms with E-state index in [1.165, 1.54) is 11.3 Å². The molecular formula is C30H24N4O4S2. The van der Waals surface area contributed by atoms with Crippen molar-refractivity contribution in [1.29, 1.82) is 0 Å². The van der Waals surface area contributed by atoms with E-state index in [-0.39, 0.29) is 23.0 Å². The van der Waals surface area contributed by atoms with Crippen molar-refractivity contribution in [3.63, 3.8) is 0 Å². The number of oxazole rings is 1. The summed E-state index contributed by atoms with van der Waals surface area (Å²) in [6.45, 7) is 2.27. The van der Waals surface area contributed by atoms with Gasteiger partial charge in [0.15, 0.2) is 5.76 Å². The van der Waals surface area contributed by atoms with Crippen molar-refractivity contribution in [2.45, 2.75) is 29.9 Å². The lowest BCUT2D eigenvalue weighted by atomic mass is 10.1. The van der Waals surface area contributed by atoms with Gasteiger partial charge in [0.1, 0.15) is 5.69 Å². The minimum atomic E-state index is -3.94. The normalized spacial score (nSPS) is 11.6. The number of thiophene rings is 1. The average molecular weight is 569 g/mol. The van der Waals surface area contributed by atoms with Crippen LogP contribution in [-0.2, 0) is 22.9 Å². The summed E-state index contributed by atoms with van der Waals surface area (Å²) in [6, 6.07) is 29.4. The van der Waals surface area contributed by atoms with Gasteiger partial charge in [-0.1, -0.05) is 89.6 Å². The fourth-order valence-electron chi connectivity index (χ4n) is 4.58. The van der Waals surface area contributed by atoms with E-state index >= 15 is 0 Å². The van der Waals surface area contributed by atoms with E-state index in [0.29, 0.717) is 22.0 Å². The first kappa shape index (κ1) is 25.7. The predicted octanol–water partition coefficient (Wildman–Crippen LogP) is 5.94. The lowest BCUT2D eigenvalue weighted by Crippen LogP contribution is -2.20. The third-order valence-electron chi connectivity index (χ3n) is 6.56. The standard InChI is InChI=1S/C30H24N4O4S2/c1-21-14-16-24(17-15-21)40(36,37)29-27(25-13-8-20-39-25)34(32-31-29)19-18-33-26(22-9-4-2-5-10-22)28(38-30(33)35)23-11-6-3-7-12-23/h2-17,20H,18-19H2,1H3. The van der Waals surface area contributed by atoms with Gasteiger partial charge in [0.05, 0.1) is 22.0 Å². The lowest BCUT2D eigenvalue weighted by Gasteiger charge is -2.11. The largest absolute Gasteiger partial charge is 0.420 e. The Kier molecular flexibility index (Phi) is 6.79. The maximum Gasteiger partial charge on any atom is 0.420 e. The van der Waals surface area contributed by atoms with Crippen LogP contribution < -0.4 is 5.76 Å². The van der Waals surface area contributed by atoms with Gasteiger partial charge >= 0.3 is 5.76 Å². The molecule has 3 aromatic heterocycles. The van der Waals surface area contributed by atoms with Crippen molar-refractivity contribution in [1.82, 2.24) is 19.6 Å². The predicted molar refractivity (Wildman–Crippen MR) is 154 cm³/mol. The molecule has 0 radical (unpaired) electrons. The zero-order valence-corrected chi connectivity index (χ0v) is 23.1. The van der Waals surface area contributed by atoms with E-state index in [4.69, 9.17) is 4.42 Å². The van der Waals surface area contributed by atoms with Crippen LogP contribution >= 0.6 is 11.3 Å². The average Bonchev–Trinajstić information content (AvgIpc) is 3.72. The molecule has 6 rings (SSSR count). The molecule has 3 heterocycles. The maximum atomic E-state index is 13.6. The molecule has 6 aromatic rings. The molecule has 0 atom stereocenters. The van der Waals surface area contributed by atoms with E-state index in [1.54, 1.807) is 33.5 Å². The van der Waals surface area contributed by atoms with Crippen molar-refractivity contribution >= 4 is 21.2 Å². The molecule has 0 saturated heterocycles. The smallest absolute Gasteiger partial charge is 0.407 e. The Hall–Kier alpha value is -4.54. The van der Waals surface area contributed by atoms with E-state index in [0.717, 1.165) is 16.7 Å². The van der Waals surface area contributed by atoms with Crippen LogP contribution in [0, 0.1) is 6.92 Å². The number of hydrogen-bond acceptors (Lipinski definition) is 7. The molecule has 8 nitrogen and oxygen atoms in total. The monoisotopic (exact) mass is 568 g/mol. The number of nitrogens with zero attached hydrogens (tertiary/aromatic N) is 4. The van der Waals surface area contributed by atoms with Gasteiger partial charge in [0.25, 0.3) is 0 Å². The topological polar surface area (TPSA) is 100.0 Å². The number of rotatable bonds is 8. The molecular weight excluding hydrogens is 544 g/mol. The molecule has 0 aliphatic rings. The van der Waals surface area contributed by atoms with E-state index in [2.05, 4.69) is 10.3 Å². The maximum absolute atomic E-state index is 13.6. The van der Waals surface area contributed by atoms with Crippen molar-refractivity contribution in [2.24, 2.45) is 0 Å². The first-order chi connectivity index (χ1) is 19.4. The van der Waals surface area contributed by atoms with Gasteiger partial charge in [-0.05, 0) is 30.5 Å². The van der Waals surface area contributed by atoms with Gasteiger partial charge in [-0.25, -0.2) is 17.9 Å². The van der Waals surface area contributed by atoms with E-state index in [9.17, 15) is 13.2 Å². The first-order valence-electron chi connectivity index (χ1n) is 12.6. The fraction of sp³-hybridized carbons (Fsp3) is 0.100. The van der Waals surface area contributed by atoms with Crippen LogP contribution in [0.3, 0.4) is 0 Å². The highest BCUT2D eigenvalue weighted by Crippen LogP contribution is 2.34. The van der Waals surface area contributed by atoms with Gasteiger partial charge in [-0.2, -0.15) is 0 Å². The molecule has 0 aliphatic heterocycles. The second-order valence-corrected chi connectivity index (χ2v) is 12.0. The van der Waals surface area contributed by atoms with Crippen LogP contribution in [0.5, 0.6) is 0 Å². The second kappa shape index (κ2) is 10.6. The zero-order valence-electron chi connectivity index (χ0n) is 21.5. The highest BCUT2D eigenvalue weighted by atomic mass is 32.2. The van der Waals surface area contributed by atoms with Gasteiger partial charge in [-0.15, -0.1) is 16.4 Å². The van der Waals surface area contributed by atoms with Gasteiger partial charge < -0.3 is 4.42 Å². The first-order valence-corrected chi connectivity index (χ1v) is 14.9. The summed E-state index contributed by atoms with van der Waals surface area (Å²) in [6.07, 6.45) is 0. The SMILES string of the molecule is Cc1ccc(S(=O)(=O)c2nnn(CCn3c(-c4ccccc4)c(-c4ccccc4)oc3=O)c2-c2cccs2)cc1. The number of benzene rings is 3. The molecule has 10 heteroatoms. The summed E-state index contributed by atoms with van der Waals surface area (Å²) < 4.78 is 36.1. The molecule has 0 saturated carbocycles. The van der Waals surface area contributed by atoms with Crippen LogP contribution in [-0.4, -0.2) is 28.0 Å². The molecule has 0 N–H and O–H groups in total. The fourth-order valence-corrected chi connectivity index (χ4v) is 6.75. The van der Waals surface area contributed by atoms with Crippen molar-refractivity contribution in [2.75, 3.05) is 0 Å². The minimum absolute atomic E-state index is 0.119. The quantitative estimate of drug-likeness (QED) is 0.225. The Bertz CT molecular complexity index is 1920. The number of aryl methyl sites for hydroxylation is 2. The molecule has 0 aliphatic carbocycles. The number of sulfone groups is 1. The Morgan fingerprint density at radius 2 is 1.48 bits per heavy atom. The summed E-state index contributed by atoms with van der Waals surface area (Å²) in [5.41, 5.74) is 3.59. The van der Waals surface area contributed by atoms with Crippen molar-refractivity contribution in [3.05, 3.63) is 119 Å². The highest BCUT2D eigenvalue weighted by Gasteiger charge is 2.29. The van der Waals surface area contributed by atoms with Gasteiger partial charge in [0, 0.05) is 17.7 Å². The van der Waals surface area contributed by atoms with Crippen LogP contribution in [0.2, 0.25) is 0 Å². The lowest BCUT2D eigenvalue weighted by molar-refractivity contribution is 0.457. The summed E-state index contributed by atoms with van der Waals surface area (Å²) in [7, 11) is -3.94. The van der Waals surface area contributed by atoms with E-state index in [1.807, 2.05) is 85.1 Å². The zero-order chi connectivity index (χ0) is 27.7. The Balaban J connectivity index is 1.43. The molecule has 0 fully saturated rings. The summed E-state index contributed by atoms with van der Waals surface area (Å²) >= 11 is 1.40. The molecule has 0 unspecified atom stereocenters. The highest BCUT2D eigenvalue weighted by molar-refractivity contribution is 7.91. The summed E-state index contributed by atoms with van der Waals surface area (Å²) in [5.74, 6) is -0.0421. The van der Waals surface area contributed by atoms with Crippen LogP contribution in [0.15, 0.2) is 122 Å². The molecule has 3 aromatic carbocycles. The third kappa shape index (κ3) is 4.72. The van der Waals surface area contributed by atoms with Crippen LogP contribution in [0.4, 0.5) is 0 Å². The third-order valence-corrected chi connectivity index (χ3v) is 9.11. The Morgan fingerprint density at radius 3 is 2.12 bits per heavy atom. The van der Waals surface area contributed by atoms with Crippen molar-refractivity contribution in [3.8, 4) is 33.2 Å². The molecule has 0 amide bonds. The Labute approximate surface area is 234 Å². The van der Waals surface area contributed by atoms with Gasteiger partial charge in [0.2, 0.25) is 14.9 Å². The summed E-state index contributed by atoms with van der Waals surface area (Å²) in [5, 5.41) is 10.1. The van der Waals surface area contributed by atoms with E-state index < -0.39 is 15.6 Å². The molecule has 0 bridgehead atoms. The van der Waals surface area contributed by atoms with Gasteiger partial charge in [-0.3, -0.25) is 4.57 Å².